The summed E-state index contributed by atoms with van der Waals surface area (Å²) in [4.78, 5) is 14.2. The summed E-state index contributed by atoms with van der Waals surface area (Å²) in [6.45, 7) is 3.39. The van der Waals surface area contributed by atoms with E-state index < -0.39 is 0 Å². The number of aryl methyl sites for hydroxylation is 2. The molecule has 2 aromatic rings. The van der Waals surface area contributed by atoms with Gasteiger partial charge in [-0.25, -0.2) is 0 Å². The van der Waals surface area contributed by atoms with Crippen molar-refractivity contribution in [2.75, 3.05) is 19.7 Å². The fraction of sp³-hybridized carbons (Fsp3) is 0.471. The number of hydrogen-bond donors (Lipinski definition) is 0. The van der Waals surface area contributed by atoms with Crippen molar-refractivity contribution in [3.8, 4) is 5.75 Å². The zero-order valence-electron chi connectivity index (χ0n) is 13.9. The van der Waals surface area contributed by atoms with Crippen LogP contribution in [0.25, 0.3) is 0 Å². The number of likely N-dealkylation sites (tertiary alicyclic amines) is 1. The standard InChI is InChI=1S/C17H21ClN4O2/c1-12-3-4-14(18)15(9-12)24-10-16(23)22-7-5-13(6-8-22)17-20-19-11-21(17)2/h3-4,9,11,13H,5-8,10H2,1-2H3. The third kappa shape index (κ3) is 3.70. The molecule has 1 aliphatic rings. The van der Waals surface area contributed by atoms with Gasteiger partial charge in [0.25, 0.3) is 5.91 Å². The van der Waals surface area contributed by atoms with E-state index in [1.807, 2.05) is 35.6 Å². The topological polar surface area (TPSA) is 60.2 Å². The molecule has 0 aliphatic carbocycles. The molecule has 0 saturated carbocycles. The smallest absolute Gasteiger partial charge is 0.260 e. The molecule has 1 aliphatic heterocycles. The molecular weight excluding hydrogens is 328 g/mol. The quantitative estimate of drug-likeness (QED) is 0.852. The number of ether oxygens (including phenoxy) is 1. The van der Waals surface area contributed by atoms with Gasteiger partial charge in [0, 0.05) is 26.1 Å². The molecule has 0 bridgehead atoms. The molecule has 3 rings (SSSR count). The second-order valence-corrected chi connectivity index (χ2v) is 6.58. The Hall–Kier alpha value is -2.08. The molecular formula is C17H21ClN4O2. The SMILES string of the molecule is Cc1ccc(Cl)c(OCC(=O)N2CCC(c3nncn3C)CC2)c1. The van der Waals surface area contributed by atoms with E-state index in [1.54, 1.807) is 12.4 Å². The fourth-order valence-corrected chi connectivity index (χ4v) is 3.17. The Bertz CT molecular complexity index is 723. The van der Waals surface area contributed by atoms with Gasteiger partial charge >= 0.3 is 0 Å². The van der Waals surface area contributed by atoms with E-state index in [2.05, 4.69) is 10.2 Å². The zero-order chi connectivity index (χ0) is 17.1. The maximum absolute atomic E-state index is 12.4. The van der Waals surface area contributed by atoms with Crippen molar-refractivity contribution >= 4 is 17.5 Å². The van der Waals surface area contributed by atoms with E-state index in [-0.39, 0.29) is 12.5 Å². The highest BCUT2D eigenvalue weighted by atomic mass is 35.5. The molecule has 0 N–H and O–H groups in total. The minimum absolute atomic E-state index is 0.0102. The molecule has 0 unspecified atom stereocenters. The molecule has 128 valence electrons. The van der Waals surface area contributed by atoms with Crippen LogP contribution in [0.1, 0.15) is 30.1 Å². The molecule has 1 saturated heterocycles. The highest BCUT2D eigenvalue weighted by Crippen LogP contribution is 2.27. The van der Waals surface area contributed by atoms with Crippen molar-refractivity contribution < 1.29 is 9.53 Å². The summed E-state index contributed by atoms with van der Waals surface area (Å²) in [5.41, 5.74) is 1.05. The maximum Gasteiger partial charge on any atom is 0.260 e. The van der Waals surface area contributed by atoms with Crippen molar-refractivity contribution in [3.05, 3.63) is 40.9 Å². The first-order valence-electron chi connectivity index (χ1n) is 8.05. The number of hydrogen-bond acceptors (Lipinski definition) is 4. The largest absolute Gasteiger partial charge is 0.482 e. The summed E-state index contributed by atoms with van der Waals surface area (Å²) < 4.78 is 7.55. The fourth-order valence-electron chi connectivity index (χ4n) is 3.00. The van der Waals surface area contributed by atoms with Crippen LogP contribution in [-0.4, -0.2) is 45.3 Å². The Morgan fingerprint density at radius 1 is 1.38 bits per heavy atom. The second-order valence-electron chi connectivity index (χ2n) is 6.18. The minimum atomic E-state index is -0.0102. The van der Waals surface area contributed by atoms with Gasteiger partial charge < -0.3 is 14.2 Å². The molecule has 6 nitrogen and oxygen atoms in total. The Kier molecular flexibility index (Phi) is 5.04. The molecule has 1 aromatic carbocycles. The third-order valence-electron chi connectivity index (χ3n) is 4.40. The van der Waals surface area contributed by atoms with Gasteiger partial charge in [-0.2, -0.15) is 0 Å². The van der Waals surface area contributed by atoms with Gasteiger partial charge in [0.1, 0.15) is 17.9 Å². The monoisotopic (exact) mass is 348 g/mol. The number of piperidine rings is 1. The van der Waals surface area contributed by atoms with Gasteiger partial charge in [-0.15, -0.1) is 10.2 Å². The van der Waals surface area contributed by atoms with Crippen LogP contribution in [-0.2, 0) is 11.8 Å². The number of nitrogens with zero attached hydrogens (tertiary/aromatic N) is 4. The van der Waals surface area contributed by atoms with E-state index in [0.29, 0.717) is 29.8 Å². The molecule has 1 aromatic heterocycles. The van der Waals surface area contributed by atoms with Gasteiger partial charge in [-0.3, -0.25) is 4.79 Å². The summed E-state index contributed by atoms with van der Waals surface area (Å²) in [6, 6.07) is 5.53. The zero-order valence-corrected chi connectivity index (χ0v) is 14.7. The van der Waals surface area contributed by atoms with E-state index in [9.17, 15) is 4.79 Å². The highest BCUT2D eigenvalue weighted by Gasteiger charge is 2.26. The number of aromatic nitrogens is 3. The summed E-state index contributed by atoms with van der Waals surface area (Å²) in [7, 11) is 1.95. The first kappa shape index (κ1) is 16.8. The van der Waals surface area contributed by atoms with Crippen LogP contribution in [0.3, 0.4) is 0 Å². The summed E-state index contributed by atoms with van der Waals surface area (Å²) >= 11 is 6.09. The van der Waals surface area contributed by atoms with Crippen LogP contribution < -0.4 is 4.74 Å². The predicted molar refractivity (Wildman–Crippen MR) is 91.2 cm³/mol. The predicted octanol–water partition coefficient (Wildman–Crippen LogP) is 2.56. The Labute approximate surface area is 146 Å². The van der Waals surface area contributed by atoms with E-state index in [0.717, 1.165) is 24.2 Å². The van der Waals surface area contributed by atoms with Gasteiger partial charge in [-0.05, 0) is 37.5 Å². The number of rotatable bonds is 4. The molecule has 0 radical (unpaired) electrons. The van der Waals surface area contributed by atoms with Crippen molar-refractivity contribution in [3.63, 3.8) is 0 Å². The molecule has 0 spiro atoms. The van der Waals surface area contributed by atoms with Gasteiger partial charge in [0.15, 0.2) is 6.61 Å². The number of carbonyl (C=O) groups is 1. The van der Waals surface area contributed by atoms with Crippen LogP contribution in [0.2, 0.25) is 5.02 Å². The van der Waals surface area contributed by atoms with Gasteiger partial charge in [-0.1, -0.05) is 17.7 Å². The van der Waals surface area contributed by atoms with Crippen LogP contribution in [0, 0.1) is 6.92 Å². The second kappa shape index (κ2) is 7.21. The Morgan fingerprint density at radius 3 is 2.79 bits per heavy atom. The van der Waals surface area contributed by atoms with Crippen LogP contribution in [0.5, 0.6) is 5.75 Å². The van der Waals surface area contributed by atoms with Crippen LogP contribution in [0.4, 0.5) is 0 Å². The normalized spacial score (nSPS) is 15.5. The lowest BCUT2D eigenvalue weighted by atomic mass is 9.96. The maximum atomic E-state index is 12.4. The van der Waals surface area contributed by atoms with Crippen molar-refractivity contribution in [1.82, 2.24) is 19.7 Å². The number of benzene rings is 1. The van der Waals surface area contributed by atoms with Crippen molar-refractivity contribution in [1.29, 1.82) is 0 Å². The van der Waals surface area contributed by atoms with Crippen molar-refractivity contribution in [2.24, 2.45) is 7.05 Å². The Balaban J connectivity index is 1.52. The van der Waals surface area contributed by atoms with E-state index in [4.69, 9.17) is 16.3 Å². The lowest BCUT2D eigenvalue weighted by Crippen LogP contribution is -2.40. The molecule has 0 atom stereocenters. The lowest BCUT2D eigenvalue weighted by molar-refractivity contribution is -0.134. The number of halogens is 1. The third-order valence-corrected chi connectivity index (χ3v) is 4.71. The average molecular weight is 349 g/mol. The average Bonchev–Trinajstić information content (AvgIpc) is 3.01. The van der Waals surface area contributed by atoms with Crippen LogP contribution >= 0.6 is 11.6 Å². The number of amides is 1. The van der Waals surface area contributed by atoms with Crippen LogP contribution in [0.15, 0.2) is 24.5 Å². The van der Waals surface area contributed by atoms with Crippen molar-refractivity contribution in [2.45, 2.75) is 25.7 Å². The van der Waals surface area contributed by atoms with E-state index in [1.165, 1.54) is 0 Å². The van der Waals surface area contributed by atoms with Gasteiger partial charge in [0.2, 0.25) is 0 Å². The summed E-state index contributed by atoms with van der Waals surface area (Å²) in [6.07, 6.45) is 3.50. The van der Waals surface area contributed by atoms with Gasteiger partial charge in [0.05, 0.1) is 5.02 Å². The Morgan fingerprint density at radius 2 is 2.12 bits per heavy atom. The molecule has 1 fully saturated rings. The van der Waals surface area contributed by atoms with E-state index >= 15 is 0 Å². The molecule has 24 heavy (non-hydrogen) atoms. The highest BCUT2D eigenvalue weighted by molar-refractivity contribution is 6.32. The first-order chi connectivity index (χ1) is 11.5. The number of carbonyl (C=O) groups excluding carboxylic acids is 1. The summed E-state index contributed by atoms with van der Waals surface area (Å²) in [5, 5.41) is 8.63. The summed E-state index contributed by atoms with van der Waals surface area (Å²) in [5.74, 6) is 1.89. The molecule has 1 amide bonds. The first-order valence-corrected chi connectivity index (χ1v) is 8.43. The lowest BCUT2D eigenvalue weighted by Gasteiger charge is -2.31. The minimum Gasteiger partial charge on any atom is -0.482 e. The molecule has 7 heteroatoms. The molecule has 2 heterocycles.